The van der Waals surface area contributed by atoms with Gasteiger partial charge < -0.3 is 10.6 Å². The summed E-state index contributed by atoms with van der Waals surface area (Å²) in [7, 11) is 0. The van der Waals surface area contributed by atoms with Crippen molar-refractivity contribution in [3.05, 3.63) is 28.2 Å². The van der Waals surface area contributed by atoms with Crippen LogP contribution >= 0.6 is 23.2 Å². The van der Waals surface area contributed by atoms with Gasteiger partial charge in [0.25, 0.3) is 0 Å². The van der Waals surface area contributed by atoms with Gasteiger partial charge in [0.1, 0.15) is 0 Å². The van der Waals surface area contributed by atoms with Crippen molar-refractivity contribution in [1.82, 2.24) is 10.2 Å². The number of para-hydroxylation sites is 1. The van der Waals surface area contributed by atoms with E-state index in [2.05, 4.69) is 17.6 Å². The van der Waals surface area contributed by atoms with Crippen LogP contribution in [0.3, 0.4) is 0 Å². The number of halogens is 2. The van der Waals surface area contributed by atoms with E-state index >= 15 is 0 Å². The lowest BCUT2D eigenvalue weighted by Crippen LogP contribution is -2.51. The van der Waals surface area contributed by atoms with E-state index in [1.165, 1.54) is 25.7 Å². The molecule has 2 N–H and O–H groups in total. The van der Waals surface area contributed by atoms with Crippen molar-refractivity contribution >= 4 is 40.7 Å². The molecule has 1 aromatic carbocycles. The Balaban J connectivity index is 1.54. The van der Waals surface area contributed by atoms with Crippen LogP contribution in [0.5, 0.6) is 0 Å². The molecule has 0 spiro atoms. The number of rotatable bonds is 8. The van der Waals surface area contributed by atoms with Gasteiger partial charge in [0.15, 0.2) is 0 Å². The van der Waals surface area contributed by atoms with Gasteiger partial charge >= 0.3 is 0 Å². The molecule has 2 amide bonds. The van der Waals surface area contributed by atoms with Crippen molar-refractivity contribution in [2.24, 2.45) is 17.8 Å². The largest absolute Gasteiger partial charge is 0.352 e. The normalized spacial score (nSPS) is 25.1. The third-order valence-electron chi connectivity index (χ3n) is 6.71. The predicted octanol–water partition coefficient (Wildman–Crippen LogP) is 4.58. The Morgan fingerprint density at radius 3 is 2.41 bits per heavy atom. The molecule has 0 aliphatic heterocycles. The van der Waals surface area contributed by atoms with Gasteiger partial charge in [0.2, 0.25) is 11.8 Å². The molecule has 5 atom stereocenters. The second-order valence-electron chi connectivity index (χ2n) is 8.52. The lowest BCUT2D eigenvalue weighted by molar-refractivity contribution is -0.128. The third-order valence-corrected chi connectivity index (χ3v) is 7.34. The minimum absolute atomic E-state index is 0.0225. The molecule has 160 valence electrons. The van der Waals surface area contributed by atoms with E-state index in [4.69, 9.17) is 23.2 Å². The molecule has 7 heteroatoms. The second-order valence-corrected chi connectivity index (χ2v) is 9.33. The van der Waals surface area contributed by atoms with E-state index in [9.17, 15) is 9.59 Å². The summed E-state index contributed by atoms with van der Waals surface area (Å²) < 4.78 is 0. The molecular weight excluding hydrogens is 409 g/mol. The Morgan fingerprint density at radius 1 is 1.17 bits per heavy atom. The minimum Gasteiger partial charge on any atom is -0.352 e. The van der Waals surface area contributed by atoms with Crippen molar-refractivity contribution in [2.75, 3.05) is 18.4 Å². The number of anilines is 1. The molecule has 0 heterocycles. The first-order valence-corrected chi connectivity index (χ1v) is 11.3. The average Bonchev–Trinajstić information content (AvgIpc) is 3.32. The van der Waals surface area contributed by atoms with Crippen LogP contribution in [0.25, 0.3) is 0 Å². The Kier molecular flexibility index (Phi) is 7.47. The van der Waals surface area contributed by atoms with Crippen LogP contribution in [0.2, 0.25) is 10.0 Å². The van der Waals surface area contributed by atoms with Gasteiger partial charge in [-0.2, -0.15) is 0 Å². The van der Waals surface area contributed by atoms with Crippen LogP contribution < -0.4 is 10.6 Å². The fraction of sp³-hybridized carbons (Fsp3) is 0.636. The van der Waals surface area contributed by atoms with Gasteiger partial charge in [-0.3, -0.25) is 14.5 Å². The van der Waals surface area contributed by atoms with Gasteiger partial charge in [0, 0.05) is 6.04 Å². The average molecular weight is 440 g/mol. The monoisotopic (exact) mass is 439 g/mol. The van der Waals surface area contributed by atoms with Crippen LogP contribution in [0.15, 0.2) is 18.2 Å². The number of nitrogens with zero attached hydrogens (tertiary/aromatic N) is 1. The van der Waals surface area contributed by atoms with Crippen LogP contribution in [0.1, 0.15) is 46.5 Å². The maximum atomic E-state index is 12.8. The molecule has 2 saturated carbocycles. The van der Waals surface area contributed by atoms with Crippen molar-refractivity contribution in [3.63, 3.8) is 0 Å². The molecule has 1 aromatic rings. The molecule has 2 aliphatic rings. The fourth-order valence-electron chi connectivity index (χ4n) is 5.03. The predicted molar refractivity (Wildman–Crippen MR) is 118 cm³/mol. The molecule has 0 aromatic heterocycles. The smallest absolute Gasteiger partial charge is 0.238 e. The molecule has 2 bridgehead atoms. The van der Waals surface area contributed by atoms with Gasteiger partial charge in [-0.25, -0.2) is 0 Å². The van der Waals surface area contributed by atoms with Gasteiger partial charge in [-0.05, 0) is 69.5 Å². The van der Waals surface area contributed by atoms with E-state index in [1.807, 2.05) is 18.7 Å². The molecular formula is C22H31Cl2N3O2. The van der Waals surface area contributed by atoms with E-state index < -0.39 is 6.04 Å². The van der Waals surface area contributed by atoms with Crippen LogP contribution in [0.4, 0.5) is 5.69 Å². The van der Waals surface area contributed by atoms with E-state index in [0.717, 1.165) is 11.8 Å². The summed E-state index contributed by atoms with van der Waals surface area (Å²) in [6.45, 7) is 6.59. The maximum Gasteiger partial charge on any atom is 0.238 e. The Hall–Kier alpha value is -1.30. The maximum absolute atomic E-state index is 12.8. The zero-order valence-corrected chi connectivity index (χ0v) is 18.9. The molecule has 29 heavy (non-hydrogen) atoms. The number of fused-ring (bicyclic) bond motifs is 2. The fourth-order valence-corrected chi connectivity index (χ4v) is 5.52. The summed E-state index contributed by atoms with van der Waals surface area (Å²) in [5.74, 6) is 1.94. The third kappa shape index (κ3) is 5.25. The molecule has 0 radical (unpaired) electrons. The Labute approximate surface area is 183 Å². The summed E-state index contributed by atoms with van der Waals surface area (Å²) in [5.41, 5.74) is 0.402. The standard InChI is InChI=1S/C22H31Cl2N3O2/c1-4-27(12-20(28)26-21-18(23)6-5-7-19(21)24)14(3)22(29)25-13(2)17-11-15-8-9-16(17)10-15/h5-7,13-17H,4,8-12H2,1-3H3,(H,25,29)(H,26,28). The first-order chi connectivity index (χ1) is 13.8. The van der Waals surface area contributed by atoms with E-state index in [-0.39, 0.29) is 24.4 Å². The van der Waals surface area contributed by atoms with Crippen molar-refractivity contribution in [1.29, 1.82) is 0 Å². The highest BCUT2D eigenvalue weighted by Crippen LogP contribution is 2.49. The second kappa shape index (κ2) is 9.67. The van der Waals surface area contributed by atoms with Gasteiger partial charge in [0.05, 0.1) is 28.3 Å². The highest BCUT2D eigenvalue weighted by Gasteiger charge is 2.42. The highest BCUT2D eigenvalue weighted by atomic mass is 35.5. The van der Waals surface area contributed by atoms with Crippen LogP contribution in [-0.2, 0) is 9.59 Å². The minimum atomic E-state index is -0.395. The number of nitrogens with one attached hydrogen (secondary N) is 2. The lowest BCUT2D eigenvalue weighted by Gasteiger charge is -2.32. The summed E-state index contributed by atoms with van der Waals surface area (Å²) in [6.07, 6.45) is 5.22. The number of benzene rings is 1. The molecule has 3 rings (SSSR count). The van der Waals surface area contributed by atoms with Crippen LogP contribution in [-0.4, -0.2) is 41.9 Å². The zero-order valence-electron chi connectivity index (χ0n) is 17.4. The van der Waals surface area contributed by atoms with Gasteiger partial charge in [-0.1, -0.05) is 42.6 Å². The van der Waals surface area contributed by atoms with Crippen molar-refractivity contribution in [2.45, 2.75) is 58.5 Å². The summed E-state index contributed by atoms with van der Waals surface area (Å²) >= 11 is 12.3. The molecule has 5 unspecified atom stereocenters. The number of carbonyl (C=O) groups is 2. The van der Waals surface area contributed by atoms with Crippen molar-refractivity contribution in [3.8, 4) is 0 Å². The molecule has 2 fully saturated rings. The summed E-state index contributed by atoms with van der Waals surface area (Å²) in [5, 5.41) is 6.75. The molecule has 0 saturated heterocycles. The summed E-state index contributed by atoms with van der Waals surface area (Å²) in [6, 6.07) is 4.85. The number of likely N-dealkylation sites (N-methyl/N-ethyl adjacent to an activating group) is 1. The Bertz CT molecular complexity index is 737. The first-order valence-electron chi connectivity index (χ1n) is 10.6. The highest BCUT2D eigenvalue weighted by molar-refractivity contribution is 6.39. The van der Waals surface area contributed by atoms with E-state index in [0.29, 0.717) is 28.2 Å². The van der Waals surface area contributed by atoms with Crippen LogP contribution in [0, 0.1) is 17.8 Å². The quantitative estimate of drug-likeness (QED) is 0.622. The van der Waals surface area contributed by atoms with Gasteiger partial charge in [-0.15, -0.1) is 0 Å². The zero-order chi connectivity index (χ0) is 21.1. The number of hydrogen-bond donors (Lipinski definition) is 2. The SMILES string of the molecule is CCN(CC(=O)Nc1c(Cl)cccc1Cl)C(C)C(=O)NC(C)C1CC2CCC1C2. The van der Waals surface area contributed by atoms with E-state index in [1.54, 1.807) is 18.2 Å². The topological polar surface area (TPSA) is 61.4 Å². The lowest BCUT2D eigenvalue weighted by atomic mass is 9.84. The van der Waals surface area contributed by atoms with Crippen molar-refractivity contribution < 1.29 is 9.59 Å². The number of carbonyl (C=O) groups excluding carboxylic acids is 2. The first kappa shape index (κ1) is 22.4. The Morgan fingerprint density at radius 2 is 1.86 bits per heavy atom. The summed E-state index contributed by atoms with van der Waals surface area (Å²) in [4.78, 5) is 27.2. The number of hydrogen-bond acceptors (Lipinski definition) is 3. The molecule has 5 nitrogen and oxygen atoms in total. The molecule has 2 aliphatic carbocycles. The number of amides is 2.